The average Bonchev–Trinajstić information content (AvgIpc) is 3.19. The molecule has 9 heteroatoms. The molecule has 8 nitrogen and oxygen atoms in total. The zero-order valence-electron chi connectivity index (χ0n) is 19.5. The molecule has 0 unspecified atom stereocenters. The molecule has 1 amide bonds. The molecule has 0 saturated heterocycles. The van der Waals surface area contributed by atoms with Gasteiger partial charge >= 0.3 is 6.09 Å². The molecule has 4 rings (SSSR count). The van der Waals surface area contributed by atoms with Crippen LogP contribution < -0.4 is 10.0 Å². The minimum absolute atomic E-state index is 0.418. The molecular formula is C26H25N3O5S. The highest BCUT2D eigenvalue weighted by Gasteiger charge is 2.20. The first-order chi connectivity index (χ1) is 16.7. The van der Waals surface area contributed by atoms with Gasteiger partial charge in [-0.3, -0.25) is 10.0 Å². The lowest BCUT2D eigenvalue weighted by atomic mass is 10.0. The highest BCUT2D eigenvalue weighted by Crippen LogP contribution is 2.33. The summed E-state index contributed by atoms with van der Waals surface area (Å²) in [6.45, 7) is 3.54. The number of ether oxygens (including phenoxy) is 1. The van der Waals surface area contributed by atoms with Crippen LogP contribution in [0.15, 0.2) is 83.4 Å². The van der Waals surface area contributed by atoms with Crippen molar-refractivity contribution in [2.45, 2.75) is 20.0 Å². The van der Waals surface area contributed by atoms with E-state index >= 15 is 0 Å². The number of rotatable bonds is 7. The second kappa shape index (κ2) is 10.0. The quantitative estimate of drug-likeness (QED) is 0.328. The molecule has 35 heavy (non-hydrogen) atoms. The number of hydrogen-bond acceptors (Lipinski definition) is 6. The van der Waals surface area contributed by atoms with Gasteiger partial charge in [0.25, 0.3) is 0 Å². The largest absolute Gasteiger partial charge is 0.441 e. The minimum atomic E-state index is -3.33. The lowest BCUT2D eigenvalue weighted by Crippen LogP contribution is -2.16. The first-order valence-corrected chi connectivity index (χ1v) is 12.8. The summed E-state index contributed by atoms with van der Waals surface area (Å²) in [7, 11) is -3.33. The van der Waals surface area contributed by atoms with Gasteiger partial charge in [-0.05, 0) is 42.7 Å². The Morgan fingerprint density at radius 3 is 2.09 bits per heavy atom. The Hall–Kier alpha value is -4.11. The van der Waals surface area contributed by atoms with Crippen molar-refractivity contribution in [2.24, 2.45) is 0 Å². The van der Waals surface area contributed by atoms with Gasteiger partial charge in [0.05, 0.1) is 6.26 Å². The number of aryl methyl sites for hydroxylation is 1. The second-order valence-corrected chi connectivity index (χ2v) is 9.83. The molecule has 180 valence electrons. The number of nitrogens with zero attached hydrogens (tertiary/aromatic N) is 1. The molecule has 3 aromatic carbocycles. The molecule has 1 heterocycles. The molecule has 1 atom stereocenters. The van der Waals surface area contributed by atoms with E-state index in [9.17, 15) is 13.2 Å². The van der Waals surface area contributed by atoms with Gasteiger partial charge in [0, 0.05) is 11.3 Å². The molecular weight excluding hydrogens is 466 g/mol. The number of carbonyl (C=O) groups excluding carboxylic acids is 1. The number of amides is 1. The first kappa shape index (κ1) is 24.0. The summed E-state index contributed by atoms with van der Waals surface area (Å²) >= 11 is 0. The predicted octanol–water partition coefficient (Wildman–Crippen LogP) is 6.00. The summed E-state index contributed by atoms with van der Waals surface area (Å²) in [4.78, 5) is 12.5. The van der Waals surface area contributed by atoms with Crippen LogP contribution in [0.5, 0.6) is 0 Å². The van der Waals surface area contributed by atoms with Crippen molar-refractivity contribution in [3.8, 4) is 22.5 Å². The summed E-state index contributed by atoms with van der Waals surface area (Å²) in [5.74, 6) is 0.422. The van der Waals surface area contributed by atoms with Crippen LogP contribution in [0.4, 0.5) is 16.2 Å². The van der Waals surface area contributed by atoms with E-state index < -0.39 is 22.2 Å². The maximum Gasteiger partial charge on any atom is 0.412 e. The van der Waals surface area contributed by atoms with Gasteiger partial charge < -0.3 is 9.26 Å². The Kier molecular flexibility index (Phi) is 6.88. The maximum absolute atomic E-state index is 12.5. The SMILES string of the molecule is Cc1noc(-c2ccc(-c3ccc(NS(C)(=O)=O)cc3)cc2)c1NC(=O)O[C@H](C)c1ccccc1. The number of nitrogens with one attached hydrogen (secondary N) is 2. The van der Waals surface area contributed by atoms with Gasteiger partial charge in [0.2, 0.25) is 10.0 Å². The molecule has 0 fully saturated rings. The minimum Gasteiger partial charge on any atom is -0.441 e. The van der Waals surface area contributed by atoms with E-state index in [-0.39, 0.29) is 0 Å². The summed E-state index contributed by atoms with van der Waals surface area (Å²) in [5.41, 5.74) is 4.94. The molecule has 2 N–H and O–H groups in total. The summed E-state index contributed by atoms with van der Waals surface area (Å²) < 4.78 is 36.2. The third-order valence-corrected chi connectivity index (χ3v) is 5.92. The van der Waals surface area contributed by atoms with Crippen LogP contribution in [0.3, 0.4) is 0 Å². The molecule has 0 saturated carbocycles. The average molecular weight is 492 g/mol. The number of sulfonamides is 1. The molecule has 0 aliphatic rings. The first-order valence-electron chi connectivity index (χ1n) is 10.9. The fraction of sp³-hybridized carbons (Fsp3) is 0.154. The van der Waals surface area contributed by atoms with Crippen molar-refractivity contribution in [3.05, 3.63) is 90.1 Å². The Bertz CT molecular complexity index is 1410. The molecule has 0 aliphatic heterocycles. The Balaban J connectivity index is 1.48. The lowest BCUT2D eigenvalue weighted by molar-refractivity contribution is 0.121. The van der Waals surface area contributed by atoms with Gasteiger partial charge in [-0.15, -0.1) is 0 Å². The molecule has 1 aromatic heterocycles. The van der Waals surface area contributed by atoms with Crippen molar-refractivity contribution < 1.29 is 22.5 Å². The molecule has 0 bridgehead atoms. The molecule has 0 aliphatic carbocycles. The van der Waals surface area contributed by atoms with Crippen LogP contribution in [-0.2, 0) is 14.8 Å². The van der Waals surface area contributed by atoms with Crippen molar-refractivity contribution in [1.82, 2.24) is 5.16 Å². The summed E-state index contributed by atoms with van der Waals surface area (Å²) in [6.07, 6.45) is 0.0868. The normalized spacial score (nSPS) is 12.1. The Morgan fingerprint density at radius 1 is 0.914 bits per heavy atom. The van der Waals surface area contributed by atoms with E-state index in [0.29, 0.717) is 22.8 Å². The van der Waals surface area contributed by atoms with Crippen LogP contribution in [0.1, 0.15) is 24.3 Å². The van der Waals surface area contributed by atoms with E-state index in [1.807, 2.05) is 66.7 Å². The van der Waals surface area contributed by atoms with Crippen LogP contribution >= 0.6 is 0 Å². The maximum atomic E-state index is 12.5. The van der Waals surface area contributed by atoms with Crippen molar-refractivity contribution >= 4 is 27.5 Å². The van der Waals surface area contributed by atoms with Crippen LogP contribution in [0.2, 0.25) is 0 Å². The highest BCUT2D eigenvalue weighted by molar-refractivity contribution is 7.92. The summed E-state index contributed by atoms with van der Waals surface area (Å²) in [5, 5.41) is 6.76. The van der Waals surface area contributed by atoms with Gasteiger partial charge in [0.15, 0.2) is 5.76 Å². The molecule has 0 radical (unpaired) electrons. The van der Waals surface area contributed by atoms with E-state index in [1.165, 1.54) is 0 Å². The zero-order chi connectivity index (χ0) is 25.0. The predicted molar refractivity (Wildman–Crippen MR) is 136 cm³/mol. The number of aromatic nitrogens is 1. The molecule has 4 aromatic rings. The van der Waals surface area contributed by atoms with E-state index in [1.54, 1.807) is 26.0 Å². The van der Waals surface area contributed by atoms with Gasteiger partial charge in [-0.25, -0.2) is 13.2 Å². The van der Waals surface area contributed by atoms with Crippen LogP contribution in [0.25, 0.3) is 22.5 Å². The van der Waals surface area contributed by atoms with Crippen LogP contribution in [-0.4, -0.2) is 25.9 Å². The fourth-order valence-corrected chi connectivity index (χ4v) is 4.12. The summed E-state index contributed by atoms with van der Waals surface area (Å²) in [6, 6.07) is 24.1. The highest BCUT2D eigenvalue weighted by atomic mass is 32.2. The second-order valence-electron chi connectivity index (χ2n) is 8.08. The fourth-order valence-electron chi connectivity index (χ4n) is 3.56. The number of benzene rings is 3. The van der Waals surface area contributed by atoms with Crippen molar-refractivity contribution in [1.29, 1.82) is 0 Å². The number of carbonyl (C=O) groups is 1. The lowest BCUT2D eigenvalue weighted by Gasteiger charge is -2.14. The van der Waals surface area contributed by atoms with Crippen molar-refractivity contribution in [3.63, 3.8) is 0 Å². The van der Waals surface area contributed by atoms with Gasteiger partial charge in [-0.1, -0.05) is 71.9 Å². The van der Waals surface area contributed by atoms with Crippen LogP contribution in [0, 0.1) is 6.92 Å². The van der Waals surface area contributed by atoms with Crippen molar-refractivity contribution in [2.75, 3.05) is 16.3 Å². The van der Waals surface area contributed by atoms with E-state index in [0.717, 1.165) is 28.5 Å². The number of anilines is 2. The third-order valence-electron chi connectivity index (χ3n) is 5.31. The van der Waals surface area contributed by atoms with Gasteiger partial charge in [-0.2, -0.15) is 0 Å². The van der Waals surface area contributed by atoms with Gasteiger partial charge in [0.1, 0.15) is 17.5 Å². The smallest absolute Gasteiger partial charge is 0.412 e. The van der Waals surface area contributed by atoms with E-state index in [2.05, 4.69) is 15.2 Å². The Morgan fingerprint density at radius 2 is 1.49 bits per heavy atom. The monoisotopic (exact) mass is 491 g/mol. The third kappa shape index (κ3) is 6.07. The zero-order valence-corrected chi connectivity index (χ0v) is 20.3. The Labute approximate surface area is 204 Å². The number of hydrogen-bond donors (Lipinski definition) is 2. The standard InChI is InChI=1S/C26H25N3O5S/c1-17-24(27-26(30)33-18(2)19-7-5-4-6-8-19)25(34-28-17)22-11-9-20(10-12-22)21-13-15-23(16-14-21)29-35(3,31)32/h4-16,18,29H,1-3H3,(H,27,30)/t18-/m1/s1. The van der Waals surface area contributed by atoms with E-state index in [4.69, 9.17) is 9.26 Å². The topological polar surface area (TPSA) is 111 Å². The molecule has 0 spiro atoms.